The second kappa shape index (κ2) is 22.1. The smallest absolute Gasteiger partial charge is 0.409 e. The first-order valence-corrected chi connectivity index (χ1v) is 24.9. The summed E-state index contributed by atoms with van der Waals surface area (Å²) < 4.78 is 29.4. The van der Waals surface area contributed by atoms with Crippen LogP contribution in [-0.4, -0.2) is 144 Å². The molecule has 19 heteroatoms. The maximum atomic E-state index is 14.3. The summed E-state index contributed by atoms with van der Waals surface area (Å²) in [4.78, 5) is 97.3. The molecule has 1 aliphatic carbocycles. The summed E-state index contributed by atoms with van der Waals surface area (Å²) in [5, 5.41) is 13.9. The Kier molecular flexibility index (Phi) is 17.2. The Bertz CT molecular complexity index is 2180. The lowest BCUT2D eigenvalue weighted by atomic mass is 9.79. The molecule has 374 valence electrons. The molecule has 4 heterocycles. The minimum absolute atomic E-state index is 0.0288. The van der Waals surface area contributed by atoms with E-state index in [0.717, 1.165) is 36.8 Å². The number of esters is 1. The van der Waals surface area contributed by atoms with Crippen molar-refractivity contribution in [3.8, 4) is 5.75 Å². The van der Waals surface area contributed by atoms with Crippen LogP contribution in [0.25, 0.3) is 0 Å². The van der Waals surface area contributed by atoms with Crippen molar-refractivity contribution in [1.29, 1.82) is 0 Å². The quantitative estimate of drug-likeness (QED) is 0.141. The fourth-order valence-electron chi connectivity index (χ4n) is 9.87. The fourth-order valence-corrected chi connectivity index (χ4v) is 11.3. The van der Waals surface area contributed by atoms with Gasteiger partial charge in [-0.2, -0.15) is 0 Å². The van der Waals surface area contributed by atoms with Gasteiger partial charge in [-0.05, 0) is 76.5 Å². The number of carbonyl (C=O) groups is 7. The van der Waals surface area contributed by atoms with E-state index in [4.69, 9.17) is 35.3 Å². The normalized spacial score (nSPS) is 32.8. The molecular formula is C49H67ClN4O13S. The van der Waals surface area contributed by atoms with E-state index >= 15 is 0 Å². The van der Waals surface area contributed by atoms with Crippen molar-refractivity contribution in [1.82, 2.24) is 15.1 Å². The number of fused-ring (bicyclic) bond motifs is 5. The highest BCUT2D eigenvalue weighted by Crippen LogP contribution is 2.49. The molecule has 4 aliphatic heterocycles. The number of anilines is 1. The van der Waals surface area contributed by atoms with Gasteiger partial charge in [0, 0.05) is 71.0 Å². The molecule has 5 amide bonds. The van der Waals surface area contributed by atoms with Crippen LogP contribution in [0.1, 0.15) is 98.0 Å². The van der Waals surface area contributed by atoms with Crippen LogP contribution in [0.2, 0.25) is 5.02 Å². The highest BCUT2D eigenvalue weighted by atomic mass is 35.5. The van der Waals surface area contributed by atoms with Crippen LogP contribution in [0.4, 0.5) is 10.5 Å². The number of amides is 5. The molecule has 0 unspecified atom stereocenters. The van der Waals surface area contributed by atoms with Gasteiger partial charge in [-0.25, -0.2) is 9.59 Å². The van der Waals surface area contributed by atoms with Crippen LogP contribution in [0.3, 0.4) is 0 Å². The number of carbonyl (C=O) groups excluding carboxylic acids is 7. The Morgan fingerprint density at radius 1 is 1.09 bits per heavy atom. The molecule has 0 aromatic heterocycles. The van der Waals surface area contributed by atoms with Gasteiger partial charge in [0.25, 0.3) is 0 Å². The van der Waals surface area contributed by atoms with E-state index in [9.17, 15) is 38.7 Å². The van der Waals surface area contributed by atoms with Gasteiger partial charge in [-0.3, -0.25) is 34.2 Å². The molecule has 2 N–H and O–H groups in total. The first-order valence-electron chi connectivity index (χ1n) is 23.5. The van der Waals surface area contributed by atoms with Crippen LogP contribution in [0.5, 0.6) is 5.75 Å². The zero-order valence-electron chi connectivity index (χ0n) is 40.5. The number of rotatable bonds is 13. The standard InChI is InChI=1S/C49H67ClN4O13S/c1-10-34(55)32-16-14-30(15-17-32)26-54-42(58)23-37(45(54)59)68-19-18-40(56)52(6)29(4)46(60)66-39-24-41(57)53(7)33-21-31(22-35(63-8)43(33)50)20-27(2)12-11-13-38(64-9)49(62)25-36(65-47(61)51-49)28(3)44-48(39,5)67-44/h11-13,21-22,28-30,32,36-39,44,62H,10,14-20,23-26H2,1-9H3,(H,51,61)/b13-11+,27-12+/t28-,29+,30-,32-,36+,37+,38-,39+,44+,48+,49+/m1/s1. The molecule has 68 heavy (non-hydrogen) atoms. The third-order valence-corrected chi connectivity index (χ3v) is 16.0. The van der Waals surface area contributed by atoms with Crippen LogP contribution in [0.15, 0.2) is 35.9 Å². The van der Waals surface area contributed by atoms with E-state index in [1.54, 1.807) is 45.2 Å². The number of thioether (sulfide) groups is 1. The molecule has 17 nitrogen and oxygen atoms in total. The number of likely N-dealkylation sites (N-methyl/N-ethyl adjacent to an activating group) is 1. The molecule has 4 fully saturated rings. The number of benzene rings is 1. The SMILES string of the molecule is CCC(=O)[C@H]1CC[C@H](CN2C(=O)C[C@H](SCCC(=O)N(C)[C@@H](C)C(=O)O[C@H]3CC(=O)N(C)c4cc(cc(OC)c4Cl)C/C(C)=C/C=C/[C@@H](OC)[C@@]4(O)C[C@H](OC(=O)N4)[C@@H](C)[C@@H]4O[C@@]34C)C2=O)CC1. The summed E-state index contributed by atoms with van der Waals surface area (Å²) in [5.41, 5.74) is -1.13. The summed E-state index contributed by atoms with van der Waals surface area (Å²) in [5.74, 6) is -1.73. The number of ketones is 1. The fraction of sp³-hybridized carbons (Fsp3) is 0.653. The van der Waals surface area contributed by atoms with Crippen molar-refractivity contribution in [2.75, 3.05) is 45.5 Å². The van der Waals surface area contributed by atoms with E-state index in [0.29, 0.717) is 30.8 Å². The highest BCUT2D eigenvalue weighted by Gasteiger charge is 2.64. The number of aliphatic hydroxyl groups is 1. The number of ether oxygens (including phenoxy) is 5. The average molecular weight is 988 g/mol. The van der Waals surface area contributed by atoms with E-state index in [1.807, 2.05) is 19.9 Å². The average Bonchev–Trinajstić information content (AvgIpc) is 3.94. The number of imide groups is 1. The van der Waals surface area contributed by atoms with Crippen molar-refractivity contribution in [3.05, 3.63) is 46.5 Å². The maximum absolute atomic E-state index is 14.3. The molecule has 6 rings (SSSR count). The second-order valence-electron chi connectivity index (χ2n) is 19.1. The van der Waals surface area contributed by atoms with Crippen molar-refractivity contribution < 1.29 is 62.4 Å². The molecule has 9 atom stereocenters. The number of likely N-dealkylation sites (tertiary alicyclic amines) is 1. The van der Waals surface area contributed by atoms with Crippen molar-refractivity contribution >= 4 is 70.5 Å². The second-order valence-corrected chi connectivity index (χ2v) is 20.8. The molecule has 1 saturated carbocycles. The van der Waals surface area contributed by atoms with Crippen LogP contribution in [0, 0.1) is 17.8 Å². The summed E-state index contributed by atoms with van der Waals surface area (Å²) >= 11 is 8.04. The molecule has 1 aromatic carbocycles. The van der Waals surface area contributed by atoms with Gasteiger partial charge >= 0.3 is 12.1 Å². The van der Waals surface area contributed by atoms with E-state index in [2.05, 4.69) is 5.32 Å². The van der Waals surface area contributed by atoms with Crippen molar-refractivity contribution in [2.45, 2.75) is 146 Å². The molecule has 4 bridgehead atoms. The molecule has 3 saturated heterocycles. The molecular weight excluding hydrogens is 920 g/mol. The topological polar surface area (TPSA) is 211 Å². The zero-order chi connectivity index (χ0) is 49.8. The predicted molar refractivity (Wildman–Crippen MR) is 254 cm³/mol. The van der Waals surface area contributed by atoms with Gasteiger partial charge in [0.05, 0.1) is 30.6 Å². The highest BCUT2D eigenvalue weighted by molar-refractivity contribution is 8.00. The minimum atomic E-state index is -1.87. The van der Waals surface area contributed by atoms with E-state index < -0.39 is 76.8 Å². The Morgan fingerprint density at radius 3 is 2.46 bits per heavy atom. The predicted octanol–water partition coefficient (Wildman–Crippen LogP) is 5.55. The maximum Gasteiger partial charge on any atom is 0.409 e. The molecule has 0 radical (unpaired) electrons. The molecule has 0 spiro atoms. The summed E-state index contributed by atoms with van der Waals surface area (Å²) in [6.45, 7) is 9.09. The molecule has 1 aromatic rings. The Morgan fingerprint density at radius 2 is 1.79 bits per heavy atom. The largest absolute Gasteiger partial charge is 0.495 e. The van der Waals surface area contributed by atoms with Crippen LogP contribution >= 0.6 is 23.4 Å². The zero-order valence-corrected chi connectivity index (χ0v) is 42.1. The first-order chi connectivity index (χ1) is 32.1. The number of nitrogens with zero attached hydrogens (tertiary/aromatic N) is 3. The minimum Gasteiger partial charge on any atom is -0.495 e. The number of methoxy groups -OCH3 is 2. The number of hydrogen-bond donors (Lipinski definition) is 2. The lowest BCUT2D eigenvalue weighted by Crippen LogP contribution is -2.63. The molecule has 5 aliphatic rings. The van der Waals surface area contributed by atoms with Gasteiger partial charge in [0.15, 0.2) is 5.72 Å². The van der Waals surface area contributed by atoms with Crippen LogP contribution < -0.4 is 15.0 Å². The number of epoxide rings is 1. The summed E-state index contributed by atoms with van der Waals surface area (Å²) in [6.07, 6.45) is 4.15. The summed E-state index contributed by atoms with van der Waals surface area (Å²) in [6, 6.07) is 2.43. The lowest BCUT2D eigenvalue weighted by molar-refractivity contribution is -0.162. The Labute approximate surface area is 407 Å². The number of halogens is 1. The number of nitrogens with one attached hydrogen (secondary N) is 1. The third kappa shape index (κ3) is 11.7. The van der Waals surface area contributed by atoms with Crippen molar-refractivity contribution in [3.63, 3.8) is 0 Å². The van der Waals surface area contributed by atoms with Gasteiger partial charge in [-0.15, -0.1) is 11.8 Å². The monoisotopic (exact) mass is 986 g/mol. The first kappa shape index (κ1) is 52.9. The van der Waals surface area contributed by atoms with Crippen molar-refractivity contribution in [2.24, 2.45) is 17.8 Å². The van der Waals surface area contributed by atoms with E-state index in [-0.39, 0.29) is 65.9 Å². The Balaban J connectivity index is 1.15. The van der Waals surface area contributed by atoms with E-state index in [1.165, 1.54) is 54.7 Å². The van der Waals surface area contributed by atoms with Crippen LogP contribution in [-0.2, 0) is 54.1 Å². The number of Topliss-reactive ketones (excluding diaryl/α,β-unsaturated/α-hetero) is 1. The van der Waals surface area contributed by atoms with Gasteiger partial charge in [0.2, 0.25) is 23.6 Å². The van der Waals surface area contributed by atoms with Gasteiger partial charge in [-0.1, -0.05) is 49.2 Å². The number of hydrogen-bond acceptors (Lipinski definition) is 14. The number of allylic oxidation sites excluding steroid dienone is 3. The lowest BCUT2D eigenvalue weighted by Gasteiger charge is -2.42. The van der Waals surface area contributed by atoms with Gasteiger partial charge in [0.1, 0.15) is 46.5 Å². The summed E-state index contributed by atoms with van der Waals surface area (Å²) in [7, 11) is 5.91. The third-order valence-electron chi connectivity index (χ3n) is 14.5. The number of alkyl carbamates (subject to hydrolysis) is 1. The Hall–Kier alpha value is -4.49. The van der Waals surface area contributed by atoms with Gasteiger partial charge < -0.3 is 38.6 Å².